The van der Waals surface area contributed by atoms with Crippen molar-refractivity contribution in [3.8, 4) is 0 Å². The van der Waals surface area contributed by atoms with Gasteiger partial charge in [-0.15, -0.1) is 0 Å². The number of carbonyl (C=O) groups is 2. The molecular weight excluding hydrogens is 423 g/mol. The number of halogens is 2. The molecule has 0 unspecified atom stereocenters. The molecule has 0 saturated carbocycles. The minimum atomic E-state index is -0.919. The molecule has 3 aromatic carbocycles. The average molecular weight is 439 g/mol. The quantitative estimate of drug-likeness (QED) is 0.537. The van der Waals surface area contributed by atoms with Gasteiger partial charge in [0.25, 0.3) is 5.91 Å². The van der Waals surface area contributed by atoms with Crippen molar-refractivity contribution in [2.45, 2.75) is 12.1 Å². The van der Waals surface area contributed by atoms with Gasteiger partial charge in [-0.05, 0) is 48.0 Å². The molecule has 5 rings (SSSR count). The Labute approximate surface area is 183 Å². The van der Waals surface area contributed by atoms with Crippen LogP contribution in [0.5, 0.6) is 0 Å². The lowest BCUT2D eigenvalue weighted by molar-refractivity contribution is -0.126. The van der Waals surface area contributed by atoms with Crippen molar-refractivity contribution in [2.24, 2.45) is 5.92 Å². The Hall–Kier alpha value is -2.86. The minimum Gasteiger partial charge on any atom is -0.273 e. The highest BCUT2D eigenvalue weighted by molar-refractivity contribution is 6.31. The zero-order chi connectivity index (χ0) is 20.8. The predicted molar refractivity (Wildman–Crippen MR) is 115 cm³/mol. The Morgan fingerprint density at radius 2 is 1.43 bits per heavy atom. The van der Waals surface area contributed by atoms with Crippen LogP contribution < -0.4 is 9.96 Å². The highest BCUT2D eigenvalue weighted by Gasteiger charge is 2.60. The van der Waals surface area contributed by atoms with Crippen LogP contribution in [0.4, 0.5) is 11.4 Å². The van der Waals surface area contributed by atoms with E-state index in [0.717, 1.165) is 11.3 Å². The van der Waals surface area contributed by atoms with Crippen molar-refractivity contribution < 1.29 is 14.4 Å². The fourth-order valence-corrected chi connectivity index (χ4v) is 4.39. The summed E-state index contributed by atoms with van der Waals surface area (Å²) >= 11 is 12.1. The summed E-state index contributed by atoms with van der Waals surface area (Å²) in [4.78, 5) is 33.9. The highest BCUT2D eigenvalue weighted by Crippen LogP contribution is 2.47. The van der Waals surface area contributed by atoms with Crippen molar-refractivity contribution >= 4 is 46.4 Å². The molecule has 2 fully saturated rings. The SMILES string of the molecule is O=C1[C@@H]2[C@@H](ON(c3ccccc3)[C@H]2c2ccc(Cl)cc2)C(=O)N1c1cccc(Cl)c1. The van der Waals surface area contributed by atoms with E-state index in [1.54, 1.807) is 41.5 Å². The second kappa shape index (κ2) is 7.43. The Kier molecular flexibility index (Phi) is 4.74. The van der Waals surface area contributed by atoms with Crippen molar-refractivity contribution in [2.75, 3.05) is 9.96 Å². The molecule has 150 valence electrons. The minimum absolute atomic E-state index is 0.314. The Balaban J connectivity index is 1.59. The molecule has 0 N–H and O–H groups in total. The summed E-state index contributed by atoms with van der Waals surface area (Å²) in [6.07, 6.45) is -0.919. The van der Waals surface area contributed by atoms with Gasteiger partial charge in [-0.3, -0.25) is 14.4 Å². The number of benzene rings is 3. The van der Waals surface area contributed by atoms with E-state index in [2.05, 4.69) is 0 Å². The van der Waals surface area contributed by atoms with Gasteiger partial charge in [-0.25, -0.2) is 9.96 Å². The molecular formula is C23H16Cl2N2O3. The van der Waals surface area contributed by atoms with Crippen molar-refractivity contribution in [1.29, 1.82) is 0 Å². The first kappa shape index (κ1) is 19.1. The molecule has 2 heterocycles. The van der Waals surface area contributed by atoms with E-state index in [1.807, 2.05) is 42.5 Å². The number of nitrogens with zero attached hydrogens (tertiary/aromatic N) is 2. The lowest BCUT2D eigenvalue weighted by Crippen LogP contribution is -2.37. The lowest BCUT2D eigenvalue weighted by Gasteiger charge is -2.28. The third-order valence-corrected chi connectivity index (χ3v) is 5.89. The molecule has 2 aliphatic rings. The molecule has 2 saturated heterocycles. The van der Waals surface area contributed by atoms with Gasteiger partial charge in [-0.1, -0.05) is 59.6 Å². The van der Waals surface area contributed by atoms with E-state index in [4.69, 9.17) is 28.0 Å². The zero-order valence-electron chi connectivity index (χ0n) is 15.6. The third kappa shape index (κ3) is 3.06. The number of hydrogen-bond donors (Lipinski definition) is 0. The van der Waals surface area contributed by atoms with Crippen LogP contribution in [0.25, 0.3) is 0 Å². The number of anilines is 2. The summed E-state index contributed by atoms with van der Waals surface area (Å²) in [6.45, 7) is 0. The van der Waals surface area contributed by atoms with Crippen LogP contribution in [0.1, 0.15) is 11.6 Å². The Bertz CT molecular complexity index is 1120. The number of carbonyl (C=O) groups excluding carboxylic acids is 2. The molecule has 0 aliphatic carbocycles. The number of fused-ring (bicyclic) bond motifs is 1. The fourth-order valence-electron chi connectivity index (χ4n) is 4.08. The predicted octanol–water partition coefficient (Wildman–Crippen LogP) is 5.04. The number of hydrogen-bond acceptors (Lipinski definition) is 4. The fraction of sp³-hybridized carbons (Fsp3) is 0.130. The number of hydroxylamine groups is 1. The molecule has 0 bridgehead atoms. The summed E-state index contributed by atoms with van der Waals surface area (Å²) in [5, 5.41) is 2.70. The smallest absolute Gasteiger partial charge is 0.266 e. The number of amides is 2. The summed E-state index contributed by atoms with van der Waals surface area (Å²) in [7, 11) is 0. The van der Waals surface area contributed by atoms with Crippen molar-refractivity contribution in [3.63, 3.8) is 0 Å². The highest BCUT2D eigenvalue weighted by atomic mass is 35.5. The molecule has 2 aliphatic heterocycles. The van der Waals surface area contributed by atoms with Crippen LogP contribution in [0.3, 0.4) is 0 Å². The molecule has 0 aromatic heterocycles. The van der Waals surface area contributed by atoms with Gasteiger partial charge >= 0.3 is 0 Å². The molecule has 0 spiro atoms. The third-order valence-electron chi connectivity index (χ3n) is 5.40. The number of rotatable bonds is 3. The van der Waals surface area contributed by atoms with E-state index in [-0.39, 0.29) is 5.91 Å². The first-order valence-corrected chi connectivity index (χ1v) is 10.2. The van der Waals surface area contributed by atoms with Crippen molar-refractivity contribution in [1.82, 2.24) is 0 Å². The van der Waals surface area contributed by atoms with Gasteiger partial charge in [0.2, 0.25) is 5.91 Å². The largest absolute Gasteiger partial charge is 0.273 e. The molecule has 7 heteroatoms. The molecule has 3 atom stereocenters. The van der Waals surface area contributed by atoms with Gasteiger partial charge in [0.15, 0.2) is 6.10 Å². The standard InChI is InChI=1S/C23H16Cl2N2O3/c24-15-11-9-14(10-12-15)20-19-21(30-27(20)17-6-2-1-3-7-17)23(29)26(22(19)28)18-8-4-5-16(25)13-18/h1-13,19-21H/t19-,20-,21+/m0/s1. The van der Waals surface area contributed by atoms with E-state index < -0.39 is 24.0 Å². The maximum absolute atomic E-state index is 13.5. The number of para-hydroxylation sites is 1. The second-order valence-electron chi connectivity index (χ2n) is 7.20. The average Bonchev–Trinajstić information content (AvgIpc) is 3.26. The summed E-state index contributed by atoms with van der Waals surface area (Å²) in [6, 6.07) is 22.9. The lowest BCUT2D eigenvalue weighted by atomic mass is 9.90. The van der Waals surface area contributed by atoms with Gasteiger partial charge in [0.1, 0.15) is 5.92 Å². The summed E-state index contributed by atoms with van der Waals surface area (Å²) in [5.74, 6) is -1.41. The Morgan fingerprint density at radius 3 is 2.13 bits per heavy atom. The van der Waals surface area contributed by atoms with E-state index >= 15 is 0 Å². The van der Waals surface area contributed by atoms with Crippen LogP contribution in [0.2, 0.25) is 10.0 Å². The van der Waals surface area contributed by atoms with Gasteiger partial charge in [0, 0.05) is 10.0 Å². The monoisotopic (exact) mass is 438 g/mol. The summed E-state index contributed by atoms with van der Waals surface area (Å²) < 4.78 is 0. The first-order valence-electron chi connectivity index (χ1n) is 9.44. The van der Waals surface area contributed by atoms with Gasteiger partial charge in [-0.2, -0.15) is 0 Å². The van der Waals surface area contributed by atoms with E-state index in [9.17, 15) is 9.59 Å². The second-order valence-corrected chi connectivity index (χ2v) is 8.07. The first-order chi connectivity index (χ1) is 14.5. The molecule has 5 nitrogen and oxygen atoms in total. The van der Waals surface area contributed by atoms with Crippen LogP contribution in [0.15, 0.2) is 78.9 Å². The molecule has 30 heavy (non-hydrogen) atoms. The van der Waals surface area contributed by atoms with Crippen LogP contribution in [-0.4, -0.2) is 17.9 Å². The maximum Gasteiger partial charge on any atom is 0.266 e. The molecule has 3 aromatic rings. The normalized spacial score (nSPS) is 23.2. The van der Waals surface area contributed by atoms with Gasteiger partial charge in [0.05, 0.1) is 17.4 Å². The molecule has 2 amide bonds. The van der Waals surface area contributed by atoms with Crippen LogP contribution >= 0.6 is 23.2 Å². The van der Waals surface area contributed by atoms with E-state index in [1.165, 1.54) is 4.90 Å². The zero-order valence-corrected chi connectivity index (χ0v) is 17.1. The topological polar surface area (TPSA) is 49.9 Å². The maximum atomic E-state index is 13.5. The van der Waals surface area contributed by atoms with Crippen LogP contribution in [-0.2, 0) is 14.4 Å². The van der Waals surface area contributed by atoms with Gasteiger partial charge < -0.3 is 0 Å². The number of imide groups is 1. The van der Waals surface area contributed by atoms with E-state index in [0.29, 0.717) is 15.7 Å². The molecule has 0 radical (unpaired) electrons. The van der Waals surface area contributed by atoms with Crippen molar-refractivity contribution in [3.05, 3.63) is 94.5 Å². The van der Waals surface area contributed by atoms with Crippen LogP contribution in [0, 0.1) is 5.92 Å². The Morgan fingerprint density at radius 1 is 0.733 bits per heavy atom. The summed E-state index contributed by atoms with van der Waals surface area (Å²) in [5.41, 5.74) is 2.04.